The van der Waals surface area contributed by atoms with Gasteiger partial charge in [-0.15, -0.1) is 0 Å². The van der Waals surface area contributed by atoms with E-state index in [0.717, 1.165) is 5.66 Å². The van der Waals surface area contributed by atoms with Crippen molar-refractivity contribution in [2.75, 3.05) is 6.16 Å². The Balaban J connectivity index is 2.16. The molecule has 2 unspecified atom stereocenters. The molecule has 2 atom stereocenters. The Hall–Kier alpha value is -0.350. The number of hydrogen-bond donors (Lipinski definition) is 0. The van der Waals surface area contributed by atoms with Crippen LogP contribution in [-0.4, -0.2) is 11.8 Å². The van der Waals surface area contributed by atoms with Crippen molar-refractivity contribution in [2.45, 2.75) is 31.8 Å². The van der Waals surface area contributed by atoms with E-state index in [-0.39, 0.29) is 7.92 Å². The summed E-state index contributed by atoms with van der Waals surface area (Å²) in [6.45, 7) is 2.34. The summed E-state index contributed by atoms with van der Waals surface area (Å²) in [5.74, 6) is 0. The van der Waals surface area contributed by atoms with Crippen molar-refractivity contribution in [3.05, 3.63) is 30.3 Å². The van der Waals surface area contributed by atoms with E-state index in [4.69, 9.17) is 0 Å². The predicted octanol–water partition coefficient (Wildman–Crippen LogP) is 3.37. The molecule has 2 rings (SSSR count). The summed E-state index contributed by atoms with van der Waals surface area (Å²) < 4.78 is 0. The SMILES string of the molecule is CCC1CCCP1c1ccccc1. The van der Waals surface area contributed by atoms with E-state index in [1.54, 1.807) is 5.30 Å². The van der Waals surface area contributed by atoms with Gasteiger partial charge in [0.05, 0.1) is 0 Å². The first-order valence-electron chi connectivity index (χ1n) is 5.23. The minimum atomic E-state index is 0.196. The smallest absolute Gasteiger partial charge is 0.0171 e. The van der Waals surface area contributed by atoms with E-state index in [2.05, 4.69) is 37.3 Å². The summed E-state index contributed by atoms with van der Waals surface area (Å²) in [4.78, 5) is 0. The standard InChI is InChI=1S/C12H17P/c1-2-11-9-6-10-13(11)12-7-4-3-5-8-12/h3-5,7-8,11H,2,6,9-10H2,1H3. The fourth-order valence-corrected chi connectivity index (χ4v) is 5.28. The van der Waals surface area contributed by atoms with Crippen molar-refractivity contribution in [3.63, 3.8) is 0 Å². The molecule has 1 saturated heterocycles. The summed E-state index contributed by atoms with van der Waals surface area (Å²) >= 11 is 0. The van der Waals surface area contributed by atoms with Crippen LogP contribution in [0.4, 0.5) is 0 Å². The second kappa shape index (κ2) is 4.24. The Morgan fingerprint density at radius 2 is 2.08 bits per heavy atom. The lowest BCUT2D eigenvalue weighted by atomic mass is 10.2. The van der Waals surface area contributed by atoms with Gasteiger partial charge in [-0.2, -0.15) is 0 Å². The molecule has 0 aromatic heterocycles. The maximum atomic E-state index is 2.34. The van der Waals surface area contributed by atoms with Crippen LogP contribution in [0.1, 0.15) is 26.2 Å². The average molecular weight is 192 g/mol. The average Bonchev–Trinajstić information content (AvgIpc) is 2.67. The van der Waals surface area contributed by atoms with Crippen LogP contribution in [0.2, 0.25) is 0 Å². The third-order valence-electron chi connectivity index (χ3n) is 2.94. The van der Waals surface area contributed by atoms with E-state index in [1.807, 2.05) is 0 Å². The fourth-order valence-electron chi connectivity index (χ4n) is 2.22. The molecule has 0 bridgehead atoms. The van der Waals surface area contributed by atoms with E-state index in [1.165, 1.54) is 25.4 Å². The molecule has 13 heavy (non-hydrogen) atoms. The summed E-state index contributed by atoms with van der Waals surface area (Å²) in [6.07, 6.45) is 5.77. The zero-order valence-electron chi connectivity index (χ0n) is 8.24. The van der Waals surface area contributed by atoms with E-state index in [0.29, 0.717) is 0 Å². The fraction of sp³-hybridized carbons (Fsp3) is 0.500. The molecule has 1 heteroatoms. The van der Waals surface area contributed by atoms with Gasteiger partial charge in [0.25, 0.3) is 0 Å². The summed E-state index contributed by atoms with van der Waals surface area (Å²) in [5, 5.41) is 1.63. The molecule has 1 aromatic rings. The molecule has 0 aliphatic carbocycles. The number of rotatable bonds is 2. The molecule has 1 aliphatic heterocycles. The molecule has 0 saturated carbocycles. The zero-order valence-corrected chi connectivity index (χ0v) is 9.13. The van der Waals surface area contributed by atoms with Crippen molar-refractivity contribution in [1.82, 2.24) is 0 Å². The minimum absolute atomic E-state index is 0.196. The highest BCUT2D eigenvalue weighted by molar-refractivity contribution is 7.66. The summed E-state index contributed by atoms with van der Waals surface area (Å²) in [7, 11) is 0.196. The van der Waals surface area contributed by atoms with Gasteiger partial charge >= 0.3 is 0 Å². The van der Waals surface area contributed by atoms with Crippen LogP contribution >= 0.6 is 7.92 Å². The highest BCUT2D eigenvalue weighted by Crippen LogP contribution is 2.50. The monoisotopic (exact) mass is 192 g/mol. The zero-order chi connectivity index (χ0) is 9.10. The Labute approximate surface area is 82.1 Å². The molecule has 0 spiro atoms. The first kappa shape index (κ1) is 9.21. The quantitative estimate of drug-likeness (QED) is 0.630. The van der Waals surface area contributed by atoms with Crippen LogP contribution in [0.25, 0.3) is 0 Å². The molecule has 1 heterocycles. The first-order valence-corrected chi connectivity index (χ1v) is 6.83. The first-order chi connectivity index (χ1) is 6.42. The molecule has 0 radical (unpaired) electrons. The van der Waals surface area contributed by atoms with Crippen molar-refractivity contribution in [3.8, 4) is 0 Å². The Morgan fingerprint density at radius 3 is 2.77 bits per heavy atom. The molecule has 0 N–H and O–H groups in total. The second-order valence-corrected chi connectivity index (χ2v) is 6.37. The molecule has 1 aromatic carbocycles. The molecular weight excluding hydrogens is 175 g/mol. The molecule has 0 nitrogen and oxygen atoms in total. The molecule has 1 aliphatic rings. The van der Waals surface area contributed by atoms with Gasteiger partial charge in [-0.05, 0) is 36.4 Å². The predicted molar refractivity (Wildman–Crippen MR) is 61.2 cm³/mol. The topological polar surface area (TPSA) is 0 Å². The largest absolute Gasteiger partial charge is 0.0722 e. The van der Waals surface area contributed by atoms with Gasteiger partial charge in [0.15, 0.2) is 0 Å². The normalized spacial score (nSPS) is 27.8. The minimum Gasteiger partial charge on any atom is -0.0722 e. The number of benzene rings is 1. The van der Waals surface area contributed by atoms with Crippen molar-refractivity contribution >= 4 is 13.2 Å². The van der Waals surface area contributed by atoms with Crippen molar-refractivity contribution in [1.29, 1.82) is 0 Å². The van der Waals surface area contributed by atoms with Gasteiger partial charge in [-0.25, -0.2) is 0 Å². The Bertz CT molecular complexity index is 255. The van der Waals surface area contributed by atoms with Crippen LogP contribution in [-0.2, 0) is 0 Å². The highest BCUT2D eigenvalue weighted by atomic mass is 31.1. The molecule has 1 fully saturated rings. The van der Waals surface area contributed by atoms with E-state index >= 15 is 0 Å². The lowest BCUT2D eigenvalue weighted by molar-refractivity contribution is 0.756. The van der Waals surface area contributed by atoms with E-state index in [9.17, 15) is 0 Å². The van der Waals surface area contributed by atoms with Crippen LogP contribution in [0.3, 0.4) is 0 Å². The van der Waals surface area contributed by atoms with E-state index < -0.39 is 0 Å². The van der Waals surface area contributed by atoms with Gasteiger partial charge < -0.3 is 0 Å². The third kappa shape index (κ3) is 1.94. The Kier molecular flexibility index (Phi) is 3.01. The van der Waals surface area contributed by atoms with Gasteiger partial charge in [0.2, 0.25) is 0 Å². The Morgan fingerprint density at radius 1 is 1.31 bits per heavy atom. The molecule has 70 valence electrons. The summed E-state index contributed by atoms with van der Waals surface area (Å²) in [5.41, 5.74) is 1.01. The lowest BCUT2D eigenvalue weighted by Crippen LogP contribution is -2.08. The molecule has 0 amide bonds. The van der Waals surface area contributed by atoms with Crippen LogP contribution in [0.15, 0.2) is 30.3 Å². The maximum Gasteiger partial charge on any atom is -0.0171 e. The van der Waals surface area contributed by atoms with Gasteiger partial charge in [-0.1, -0.05) is 45.2 Å². The molecular formula is C12H17P. The van der Waals surface area contributed by atoms with Crippen LogP contribution in [0, 0.1) is 0 Å². The van der Waals surface area contributed by atoms with Gasteiger partial charge in [0.1, 0.15) is 0 Å². The van der Waals surface area contributed by atoms with Gasteiger partial charge in [0, 0.05) is 0 Å². The van der Waals surface area contributed by atoms with Crippen LogP contribution < -0.4 is 5.30 Å². The van der Waals surface area contributed by atoms with Gasteiger partial charge in [-0.3, -0.25) is 0 Å². The van der Waals surface area contributed by atoms with Crippen LogP contribution in [0.5, 0.6) is 0 Å². The second-order valence-electron chi connectivity index (χ2n) is 3.73. The lowest BCUT2D eigenvalue weighted by Gasteiger charge is -2.18. The van der Waals surface area contributed by atoms with Crippen molar-refractivity contribution < 1.29 is 0 Å². The maximum absolute atomic E-state index is 2.34. The highest BCUT2D eigenvalue weighted by Gasteiger charge is 2.25. The third-order valence-corrected chi connectivity index (χ3v) is 6.20. The number of hydrogen-bond acceptors (Lipinski definition) is 0. The van der Waals surface area contributed by atoms with Crippen molar-refractivity contribution in [2.24, 2.45) is 0 Å². The summed E-state index contributed by atoms with van der Waals surface area (Å²) in [6, 6.07) is 11.1.